The predicted octanol–water partition coefficient (Wildman–Crippen LogP) is 2.65. The van der Waals surface area contributed by atoms with E-state index >= 15 is 0 Å². The Morgan fingerprint density at radius 2 is 1.88 bits per heavy atom. The number of ether oxygens (including phenoxy) is 3. The molecule has 0 atom stereocenters. The molecule has 2 aromatic rings. The summed E-state index contributed by atoms with van der Waals surface area (Å²) in [6, 6.07) is 9.63. The van der Waals surface area contributed by atoms with E-state index in [1.807, 2.05) is 0 Å². The van der Waals surface area contributed by atoms with Crippen molar-refractivity contribution < 1.29 is 28.7 Å². The van der Waals surface area contributed by atoms with Gasteiger partial charge in [0.1, 0.15) is 18.1 Å². The fraction of sp³-hybridized carbons (Fsp3) is 0.176. The lowest BCUT2D eigenvalue weighted by Crippen LogP contribution is -2.10. The number of hydrogen-bond donors (Lipinski definition) is 0. The van der Waals surface area contributed by atoms with Gasteiger partial charge in [0.25, 0.3) is 5.69 Å². The molecule has 8 nitrogen and oxygen atoms in total. The Hall–Kier alpha value is -3.26. The first-order chi connectivity index (χ1) is 12.0. The summed E-state index contributed by atoms with van der Waals surface area (Å²) in [7, 11) is 1.56. The Morgan fingerprint density at radius 3 is 2.48 bits per heavy atom. The summed E-state index contributed by atoms with van der Waals surface area (Å²) < 4.78 is 15.4. The minimum Gasteiger partial charge on any atom is -0.491 e. The van der Waals surface area contributed by atoms with Gasteiger partial charge in [-0.3, -0.25) is 14.9 Å². The van der Waals surface area contributed by atoms with Crippen LogP contribution >= 0.6 is 0 Å². The van der Waals surface area contributed by atoms with Crippen LogP contribution < -0.4 is 9.47 Å². The first-order valence-electron chi connectivity index (χ1n) is 7.22. The highest BCUT2D eigenvalue weighted by Gasteiger charge is 2.15. The fourth-order valence-corrected chi connectivity index (χ4v) is 1.92. The third kappa shape index (κ3) is 4.85. The maximum atomic E-state index is 12.1. The molecule has 2 aromatic carbocycles. The molecule has 0 aliphatic carbocycles. The van der Waals surface area contributed by atoms with Crippen LogP contribution in [0.4, 0.5) is 5.69 Å². The molecule has 0 aliphatic heterocycles. The Kier molecular flexibility index (Phi) is 6.19. The molecule has 130 valence electrons. The summed E-state index contributed by atoms with van der Waals surface area (Å²) in [6.07, 6.45) is 0.391. The zero-order chi connectivity index (χ0) is 18.2. The highest BCUT2D eigenvalue weighted by atomic mass is 16.6. The van der Waals surface area contributed by atoms with Gasteiger partial charge in [-0.15, -0.1) is 0 Å². The van der Waals surface area contributed by atoms with Crippen molar-refractivity contribution in [3.05, 3.63) is 63.7 Å². The third-order valence-electron chi connectivity index (χ3n) is 3.18. The number of nitrogens with zero attached hydrogens (tertiary/aromatic N) is 1. The van der Waals surface area contributed by atoms with Crippen LogP contribution in [-0.4, -0.2) is 37.5 Å². The second-order valence-electron chi connectivity index (χ2n) is 4.85. The number of methoxy groups -OCH3 is 1. The minimum atomic E-state index is -0.694. The normalized spacial score (nSPS) is 10.1. The maximum Gasteiger partial charge on any atom is 0.343 e. The molecule has 0 heterocycles. The Labute approximate surface area is 143 Å². The van der Waals surface area contributed by atoms with Crippen LogP contribution in [0.3, 0.4) is 0 Å². The summed E-state index contributed by atoms with van der Waals surface area (Å²) in [5, 5.41) is 10.7. The molecule has 2 rings (SSSR count). The quantitative estimate of drug-likeness (QED) is 0.181. The summed E-state index contributed by atoms with van der Waals surface area (Å²) in [6.45, 7) is 0.824. The Balaban J connectivity index is 2.09. The van der Waals surface area contributed by atoms with Crippen LogP contribution in [0.1, 0.15) is 20.7 Å². The molecule has 0 spiro atoms. The third-order valence-corrected chi connectivity index (χ3v) is 3.18. The molecule has 0 aromatic heterocycles. The number of non-ortho nitro benzene ring substituents is 1. The zero-order valence-electron chi connectivity index (χ0n) is 13.3. The number of nitro groups is 1. The van der Waals surface area contributed by atoms with E-state index in [1.165, 1.54) is 18.2 Å². The van der Waals surface area contributed by atoms with E-state index < -0.39 is 10.9 Å². The highest BCUT2D eigenvalue weighted by molar-refractivity contribution is 5.92. The van der Waals surface area contributed by atoms with Gasteiger partial charge in [-0.25, -0.2) is 4.79 Å². The van der Waals surface area contributed by atoms with E-state index in [-0.39, 0.29) is 22.6 Å². The SMILES string of the molecule is COCCOc1ccc(C(=O)Oc2ccc([N+](=O)[O-])cc2C=O)cc1. The van der Waals surface area contributed by atoms with Crippen LogP contribution in [-0.2, 0) is 4.74 Å². The second-order valence-corrected chi connectivity index (χ2v) is 4.85. The maximum absolute atomic E-state index is 12.1. The number of carbonyl (C=O) groups is 2. The van der Waals surface area contributed by atoms with Crippen LogP contribution in [0.5, 0.6) is 11.5 Å². The van der Waals surface area contributed by atoms with Crippen molar-refractivity contribution >= 4 is 17.9 Å². The number of hydrogen-bond acceptors (Lipinski definition) is 7. The summed E-state index contributed by atoms with van der Waals surface area (Å²) in [5.41, 5.74) is -0.101. The Morgan fingerprint density at radius 1 is 1.16 bits per heavy atom. The second kappa shape index (κ2) is 8.55. The molecule has 0 unspecified atom stereocenters. The van der Waals surface area contributed by atoms with E-state index in [4.69, 9.17) is 14.2 Å². The smallest absolute Gasteiger partial charge is 0.343 e. The molecule has 0 radical (unpaired) electrons. The fourth-order valence-electron chi connectivity index (χ4n) is 1.92. The lowest BCUT2D eigenvalue weighted by atomic mass is 10.2. The molecular formula is C17H15NO7. The van der Waals surface area contributed by atoms with Crippen LogP contribution in [0.25, 0.3) is 0 Å². The van der Waals surface area contributed by atoms with Gasteiger partial charge in [0.05, 0.1) is 22.7 Å². The van der Waals surface area contributed by atoms with Crippen molar-refractivity contribution in [2.75, 3.05) is 20.3 Å². The number of aldehydes is 1. The number of rotatable bonds is 8. The molecule has 0 fully saturated rings. The van der Waals surface area contributed by atoms with Crippen LogP contribution in [0.15, 0.2) is 42.5 Å². The van der Waals surface area contributed by atoms with E-state index in [9.17, 15) is 19.7 Å². The highest BCUT2D eigenvalue weighted by Crippen LogP contribution is 2.24. The summed E-state index contributed by atoms with van der Waals surface area (Å²) in [5.74, 6) is -0.177. The van der Waals surface area contributed by atoms with Crippen molar-refractivity contribution in [1.82, 2.24) is 0 Å². The van der Waals surface area contributed by atoms with E-state index in [1.54, 1.807) is 19.2 Å². The molecule has 0 saturated heterocycles. The monoisotopic (exact) mass is 345 g/mol. The lowest BCUT2D eigenvalue weighted by molar-refractivity contribution is -0.384. The standard InChI is InChI=1S/C17H15NO7/c1-23-8-9-24-15-5-2-12(3-6-15)17(20)25-16-7-4-14(18(21)22)10-13(16)11-19/h2-7,10-11H,8-9H2,1H3. The first-order valence-corrected chi connectivity index (χ1v) is 7.22. The van der Waals surface area contributed by atoms with Gasteiger partial charge in [0, 0.05) is 19.2 Å². The van der Waals surface area contributed by atoms with Crippen molar-refractivity contribution in [3.8, 4) is 11.5 Å². The molecular weight excluding hydrogens is 330 g/mol. The molecule has 0 aliphatic rings. The van der Waals surface area contributed by atoms with Gasteiger partial charge in [0.2, 0.25) is 0 Å². The largest absolute Gasteiger partial charge is 0.491 e. The average Bonchev–Trinajstić information content (AvgIpc) is 2.62. The zero-order valence-corrected chi connectivity index (χ0v) is 13.3. The summed E-state index contributed by atoms with van der Waals surface area (Å²) >= 11 is 0. The van der Waals surface area contributed by atoms with Crippen molar-refractivity contribution in [1.29, 1.82) is 0 Å². The molecule has 0 N–H and O–H groups in total. The number of nitro benzene ring substituents is 1. The summed E-state index contributed by atoms with van der Waals surface area (Å²) in [4.78, 5) is 33.3. The number of benzene rings is 2. The van der Waals surface area contributed by atoms with E-state index in [0.717, 1.165) is 12.1 Å². The van der Waals surface area contributed by atoms with E-state index in [0.29, 0.717) is 25.2 Å². The van der Waals surface area contributed by atoms with Crippen molar-refractivity contribution in [2.45, 2.75) is 0 Å². The van der Waals surface area contributed by atoms with Gasteiger partial charge in [-0.05, 0) is 30.3 Å². The molecule has 25 heavy (non-hydrogen) atoms. The van der Waals surface area contributed by atoms with Crippen LogP contribution in [0, 0.1) is 10.1 Å². The van der Waals surface area contributed by atoms with Gasteiger partial charge < -0.3 is 14.2 Å². The van der Waals surface area contributed by atoms with Crippen molar-refractivity contribution in [2.24, 2.45) is 0 Å². The van der Waals surface area contributed by atoms with Gasteiger partial charge in [-0.1, -0.05) is 0 Å². The first kappa shape index (κ1) is 18.1. The molecule has 0 saturated carbocycles. The van der Waals surface area contributed by atoms with Gasteiger partial charge >= 0.3 is 5.97 Å². The average molecular weight is 345 g/mol. The minimum absolute atomic E-state index is 0.0500. The Bertz CT molecular complexity index is 771. The topological polar surface area (TPSA) is 105 Å². The predicted molar refractivity (Wildman–Crippen MR) is 87.3 cm³/mol. The number of esters is 1. The van der Waals surface area contributed by atoms with Gasteiger partial charge in [-0.2, -0.15) is 0 Å². The van der Waals surface area contributed by atoms with Crippen molar-refractivity contribution in [3.63, 3.8) is 0 Å². The number of carbonyl (C=O) groups excluding carboxylic acids is 2. The van der Waals surface area contributed by atoms with E-state index in [2.05, 4.69) is 0 Å². The molecule has 0 amide bonds. The molecule has 0 bridgehead atoms. The van der Waals surface area contributed by atoms with Crippen LogP contribution in [0.2, 0.25) is 0 Å². The lowest BCUT2D eigenvalue weighted by Gasteiger charge is -2.08. The van der Waals surface area contributed by atoms with Gasteiger partial charge in [0.15, 0.2) is 6.29 Å². The molecule has 8 heteroatoms.